The van der Waals surface area contributed by atoms with Crippen LogP contribution in [0.5, 0.6) is 0 Å². The van der Waals surface area contributed by atoms with Crippen LogP contribution in [0.2, 0.25) is 0 Å². The van der Waals surface area contributed by atoms with Gasteiger partial charge in [-0.1, -0.05) is 6.07 Å². The summed E-state index contributed by atoms with van der Waals surface area (Å²) in [6.07, 6.45) is -1.94. The van der Waals surface area contributed by atoms with Gasteiger partial charge >= 0.3 is 6.18 Å². The van der Waals surface area contributed by atoms with E-state index in [9.17, 15) is 18.0 Å². The van der Waals surface area contributed by atoms with Gasteiger partial charge in [0.05, 0.1) is 5.69 Å². The van der Waals surface area contributed by atoms with E-state index in [4.69, 9.17) is 5.26 Å². The fraction of sp³-hybridized carbons (Fsp3) is 0.250. The zero-order valence-electron chi connectivity index (χ0n) is 13.5. The van der Waals surface area contributed by atoms with Crippen LogP contribution in [0.25, 0.3) is 5.65 Å². The van der Waals surface area contributed by atoms with Crippen molar-refractivity contribution in [2.45, 2.75) is 25.7 Å². The molecule has 134 valence electrons. The number of rotatable bonds is 4. The number of alkyl halides is 3. The first-order chi connectivity index (χ1) is 12.3. The maximum Gasteiger partial charge on any atom is 0.433 e. The summed E-state index contributed by atoms with van der Waals surface area (Å²) in [6.45, 7) is 1.96. The van der Waals surface area contributed by atoms with Crippen molar-refractivity contribution in [2.24, 2.45) is 0 Å². The third kappa shape index (κ3) is 3.43. The number of aromatic amines is 1. The highest BCUT2D eigenvalue weighted by atomic mass is 19.4. The van der Waals surface area contributed by atoms with Gasteiger partial charge in [0.2, 0.25) is 0 Å². The smallest absolute Gasteiger partial charge is 0.305 e. The molecule has 0 aromatic carbocycles. The predicted molar refractivity (Wildman–Crippen MR) is 85.0 cm³/mol. The molecule has 0 saturated carbocycles. The summed E-state index contributed by atoms with van der Waals surface area (Å²) in [5.41, 5.74) is 0.125. The molecule has 0 aliphatic heterocycles. The fourth-order valence-corrected chi connectivity index (χ4v) is 2.41. The molecule has 2 N–H and O–H groups in total. The molecule has 0 spiro atoms. The van der Waals surface area contributed by atoms with E-state index in [0.29, 0.717) is 11.3 Å². The number of aromatic nitrogens is 4. The molecule has 10 heteroatoms. The molecule has 1 atom stereocenters. The highest BCUT2D eigenvalue weighted by Gasteiger charge is 2.32. The van der Waals surface area contributed by atoms with E-state index >= 15 is 0 Å². The maximum atomic E-state index is 12.5. The Bertz CT molecular complexity index is 1030. The van der Waals surface area contributed by atoms with Crippen LogP contribution in [-0.2, 0) is 12.7 Å². The lowest BCUT2D eigenvalue weighted by atomic mass is 10.1. The van der Waals surface area contributed by atoms with E-state index in [2.05, 4.69) is 20.4 Å². The van der Waals surface area contributed by atoms with Crippen LogP contribution in [0, 0.1) is 11.3 Å². The Morgan fingerprint density at radius 2 is 2.19 bits per heavy atom. The minimum atomic E-state index is -4.48. The van der Waals surface area contributed by atoms with Crippen LogP contribution < -0.4 is 10.9 Å². The van der Waals surface area contributed by atoms with Gasteiger partial charge in [0, 0.05) is 31.0 Å². The summed E-state index contributed by atoms with van der Waals surface area (Å²) in [5, 5.41) is 14.7. The number of fused-ring (bicyclic) bond motifs is 1. The fourth-order valence-electron chi connectivity index (χ4n) is 2.41. The van der Waals surface area contributed by atoms with Gasteiger partial charge in [-0.2, -0.15) is 18.4 Å². The standard InChI is InChI=1S/C16H13F3N6O/c1-9(10-2-3-13(22-6-10)16(17,18)19)21-8-12-4-14(26)25-15(24-12)11(5-20)7-23-25/h2-4,6-7,9,21,23H,8H2,1H3/t9-/m0/s1. The predicted octanol–water partition coefficient (Wildman–Crippen LogP) is 2.16. The first kappa shape index (κ1) is 17.6. The average Bonchev–Trinajstić information content (AvgIpc) is 3.02. The molecule has 0 unspecified atom stereocenters. The van der Waals surface area contributed by atoms with Crippen LogP contribution in [0.3, 0.4) is 0 Å². The van der Waals surface area contributed by atoms with Crippen molar-refractivity contribution in [2.75, 3.05) is 0 Å². The Hall–Kier alpha value is -3.19. The van der Waals surface area contributed by atoms with Crippen LogP contribution >= 0.6 is 0 Å². The number of hydrogen-bond acceptors (Lipinski definition) is 5. The zero-order valence-corrected chi connectivity index (χ0v) is 13.5. The Morgan fingerprint density at radius 1 is 1.42 bits per heavy atom. The third-order valence-corrected chi connectivity index (χ3v) is 3.84. The number of pyridine rings is 1. The molecule has 0 fully saturated rings. The number of H-pyrrole nitrogens is 1. The second-order valence-electron chi connectivity index (χ2n) is 5.62. The average molecular weight is 362 g/mol. The van der Waals surface area contributed by atoms with E-state index in [1.165, 1.54) is 18.3 Å². The lowest BCUT2D eigenvalue weighted by molar-refractivity contribution is -0.141. The van der Waals surface area contributed by atoms with Crippen LogP contribution in [0.1, 0.15) is 35.5 Å². The second-order valence-corrected chi connectivity index (χ2v) is 5.62. The van der Waals surface area contributed by atoms with Crippen molar-refractivity contribution >= 4 is 5.65 Å². The van der Waals surface area contributed by atoms with Crippen molar-refractivity contribution < 1.29 is 13.2 Å². The molecule has 3 aromatic heterocycles. The largest absolute Gasteiger partial charge is 0.433 e. The number of nitrogens with one attached hydrogen (secondary N) is 2. The van der Waals surface area contributed by atoms with Gasteiger partial charge < -0.3 is 5.32 Å². The minimum absolute atomic E-state index is 0.198. The van der Waals surface area contributed by atoms with E-state index in [1.54, 1.807) is 6.92 Å². The topological polar surface area (TPSA) is 98.9 Å². The Morgan fingerprint density at radius 3 is 2.81 bits per heavy atom. The molecule has 3 heterocycles. The molecule has 3 aromatic rings. The molecule has 26 heavy (non-hydrogen) atoms. The van der Waals surface area contributed by atoms with Crippen molar-refractivity contribution in [1.82, 2.24) is 24.9 Å². The summed E-state index contributed by atoms with van der Waals surface area (Å²) >= 11 is 0. The van der Waals surface area contributed by atoms with Crippen molar-refractivity contribution in [3.8, 4) is 6.07 Å². The Kier molecular flexibility index (Phi) is 4.48. The van der Waals surface area contributed by atoms with Gasteiger partial charge in [-0.3, -0.25) is 14.9 Å². The molecule has 0 radical (unpaired) electrons. The molecule has 3 rings (SSSR count). The summed E-state index contributed by atoms with van der Waals surface area (Å²) in [7, 11) is 0. The quantitative estimate of drug-likeness (QED) is 0.741. The second kappa shape index (κ2) is 6.61. The summed E-state index contributed by atoms with van der Waals surface area (Å²) in [4.78, 5) is 19.7. The molecular weight excluding hydrogens is 349 g/mol. The Balaban J connectivity index is 1.75. The SMILES string of the molecule is C[C@H](NCc1cc(=O)n2[nH]cc(C#N)c2n1)c1ccc(C(F)(F)F)nc1. The van der Waals surface area contributed by atoms with Crippen molar-refractivity contribution in [3.63, 3.8) is 0 Å². The zero-order chi connectivity index (χ0) is 18.9. The molecule has 0 aliphatic rings. The van der Waals surface area contributed by atoms with Crippen LogP contribution in [0.15, 0.2) is 35.4 Å². The highest BCUT2D eigenvalue weighted by Crippen LogP contribution is 2.27. The van der Waals surface area contributed by atoms with Crippen LogP contribution in [0.4, 0.5) is 13.2 Å². The molecular formula is C16H13F3N6O. The van der Waals surface area contributed by atoms with Gasteiger partial charge in [0.1, 0.15) is 17.3 Å². The van der Waals surface area contributed by atoms with E-state index < -0.39 is 11.9 Å². The maximum absolute atomic E-state index is 12.5. The lowest BCUT2D eigenvalue weighted by Crippen LogP contribution is -2.22. The highest BCUT2D eigenvalue weighted by molar-refractivity contribution is 5.53. The number of halogens is 3. The molecule has 7 nitrogen and oxygen atoms in total. The summed E-state index contributed by atoms with van der Waals surface area (Å²) < 4.78 is 38.8. The van der Waals surface area contributed by atoms with E-state index in [1.807, 2.05) is 6.07 Å². The normalized spacial score (nSPS) is 12.9. The van der Waals surface area contributed by atoms with Crippen molar-refractivity contribution in [3.05, 3.63) is 63.5 Å². The number of hydrogen-bond donors (Lipinski definition) is 2. The monoisotopic (exact) mass is 362 g/mol. The number of nitrogens with zero attached hydrogens (tertiary/aromatic N) is 4. The van der Waals surface area contributed by atoms with Gasteiger partial charge in [-0.15, -0.1) is 0 Å². The van der Waals surface area contributed by atoms with E-state index in [0.717, 1.165) is 16.8 Å². The van der Waals surface area contributed by atoms with Gasteiger partial charge in [0.25, 0.3) is 5.56 Å². The summed E-state index contributed by atoms with van der Waals surface area (Å²) in [6, 6.07) is 5.21. The third-order valence-electron chi connectivity index (χ3n) is 3.84. The van der Waals surface area contributed by atoms with Crippen molar-refractivity contribution in [1.29, 1.82) is 5.26 Å². The minimum Gasteiger partial charge on any atom is -0.305 e. The van der Waals surface area contributed by atoms with Gasteiger partial charge in [-0.05, 0) is 18.6 Å². The first-order valence-corrected chi connectivity index (χ1v) is 7.56. The molecule has 0 amide bonds. The lowest BCUT2D eigenvalue weighted by Gasteiger charge is -2.14. The van der Waals surface area contributed by atoms with Gasteiger partial charge in [-0.25, -0.2) is 9.50 Å². The first-order valence-electron chi connectivity index (χ1n) is 7.56. The van der Waals surface area contributed by atoms with Crippen LogP contribution in [-0.4, -0.2) is 19.6 Å². The molecule has 0 saturated heterocycles. The molecule has 0 aliphatic carbocycles. The Labute approximate surface area is 145 Å². The van der Waals surface area contributed by atoms with E-state index in [-0.39, 0.29) is 29.4 Å². The number of nitriles is 1. The molecule has 0 bridgehead atoms. The van der Waals surface area contributed by atoms with Gasteiger partial charge in [0.15, 0.2) is 5.65 Å². The summed E-state index contributed by atoms with van der Waals surface area (Å²) in [5.74, 6) is 0.